The lowest BCUT2D eigenvalue weighted by atomic mass is 9.76. The summed E-state index contributed by atoms with van der Waals surface area (Å²) < 4.78 is 0. The highest BCUT2D eigenvalue weighted by Gasteiger charge is 2.36. The van der Waals surface area contributed by atoms with Crippen molar-refractivity contribution in [1.29, 1.82) is 5.26 Å². The highest BCUT2D eigenvalue weighted by molar-refractivity contribution is 4.98. The Morgan fingerprint density at radius 3 is 2.45 bits per heavy atom. The van der Waals surface area contributed by atoms with Crippen LogP contribution in [0.4, 0.5) is 0 Å². The molecule has 1 aliphatic rings. The van der Waals surface area contributed by atoms with Crippen molar-refractivity contribution in [1.82, 2.24) is 4.90 Å². The summed E-state index contributed by atoms with van der Waals surface area (Å²) in [5.41, 5.74) is 0. The molecule has 0 radical (unpaired) electrons. The van der Waals surface area contributed by atoms with E-state index in [1.165, 1.54) is 19.3 Å². The summed E-state index contributed by atoms with van der Waals surface area (Å²) in [6.45, 7) is 7.59. The monoisotopic (exact) mass is 280 g/mol. The quantitative estimate of drug-likeness (QED) is 0.739. The molecule has 0 spiro atoms. The number of rotatable bonds is 8. The lowest BCUT2D eigenvalue weighted by Crippen LogP contribution is -2.50. The van der Waals surface area contributed by atoms with E-state index in [2.05, 4.69) is 31.7 Å². The smallest absolute Gasteiger partial charge is 0.0672 e. The molecular weight excluding hydrogens is 248 g/mol. The van der Waals surface area contributed by atoms with Gasteiger partial charge in [0.05, 0.1) is 18.6 Å². The van der Waals surface area contributed by atoms with Crippen molar-refractivity contribution in [2.24, 2.45) is 11.8 Å². The first-order chi connectivity index (χ1) is 9.71. The summed E-state index contributed by atoms with van der Waals surface area (Å²) in [6.07, 6.45) is 8.10. The Morgan fingerprint density at radius 2 is 1.95 bits per heavy atom. The van der Waals surface area contributed by atoms with Crippen molar-refractivity contribution in [3.05, 3.63) is 0 Å². The van der Waals surface area contributed by atoms with Crippen LogP contribution < -0.4 is 0 Å². The molecule has 0 saturated heterocycles. The van der Waals surface area contributed by atoms with Crippen molar-refractivity contribution in [2.75, 3.05) is 13.2 Å². The molecule has 1 rings (SSSR count). The first-order valence-electron chi connectivity index (χ1n) is 8.47. The number of hydrogen-bond donors (Lipinski definition) is 1. The van der Waals surface area contributed by atoms with Gasteiger partial charge in [-0.2, -0.15) is 5.26 Å². The SMILES string of the molecule is CCCC1CCC(C#N)C(N(CCO)C(CC)CC)C1. The van der Waals surface area contributed by atoms with E-state index < -0.39 is 0 Å². The number of aliphatic hydroxyl groups excluding tert-OH is 1. The number of hydrogen-bond acceptors (Lipinski definition) is 3. The van der Waals surface area contributed by atoms with Gasteiger partial charge in [0.25, 0.3) is 0 Å². The van der Waals surface area contributed by atoms with Crippen LogP contribution in [0, 0.1) is 23.2 Å². The van der Waals surface area contributed by atoms with Crippen LogP contribution in [0.1, 0.15) is 65.7 Å². The molecule has 0 aliphatic heterocycles. The maximum absolute atomic E-state index is 9.48. The van der Waals surface area contributed by atoms with Gasteiger partial charge in [0.2, 0.25) is 0 Å². The number of nitrogens with zero attached hydrogens (tertiary/aromatic N) is 2. The topological polar surface area (TPSA) is 47.3 Å². The van der Waals surface area contributed by atoms with Crippen LogP contribution in [-0.4, -0.2) is 35.2 Å². The zero-order valence-electron chi connectivity index (χ0n) is 13.5. The fraction of sp³-hybridized carbons (Fsp3) is 0.941. The molecule has 3 heteroatoms. The molecule has 0 amide bonds. The Bertz CT molecular complexity index is 296. The van der Waals surface area contributed by atoms with E-state index in [1.54, 1.807) is 0 Å². The van der Waals surface area contributed by atoms with Gasteiger partial charge in [-0.05, 0) is 38.0 Å². The number of nitriles is 1. The minimum atomic E-state index is 0.148. The third-order valence-electron chi connectivity index (χ3n) is 4.98. The van der Waals surface area contributed by atoms with Gasteiger partial charge in [-0.15, -0.1) is 0 Å². The molecular formula is C17H32N2O. The van der Waals surface area contributed by atoms with Crippen molar-refractivity contribution in [3.8, 4) is 6.07 Å². The summed E-state index contributed by atoms with van der Waals surface area (Å²) in [5, 5.41) is 18.9. The molecule has 0 bridgehead atoms. The minimum absolute atomic E-state index is 0.148. The van der Waals surface area contributed by atoms with Crippen molar-refractivity contribution < 1.29 is 5.11 Å². The molecule has 0 aromatic rings. The van der Waals surface area contributed by atoms with Gasteiger partial charge in [0.15, 0.2) is 0 Å². The molecule has 3 unspecified atom stereocenters. The standard InChI is InChI=1S/C17H32N2O/c1-4-7-14-8-9-15(13-18)17(12-14)19(10-11-20)16(5-2)6-3/h14-17,20H,4-12H2,1-3H3. The van der Waals surface area contributed by atoms with Gasteiger partial charge in [-0.1, -0.05) is 33.6 Å². The molecule has 3 atom stereocenters. The molecule has 1 aliphatic carbocycles. The fourth-order valence-electron chi connectivity index (χ4n) is 3.91. The highest BCUT2D eigenvalue weighted by atomic mass is 16.3. The average Bonchev–Trinajstić information content (AvgIpc) is 2.48. The maximum atomic E-state index is 9.48. The van der Waals surface area contributed by atoms with Gasteiger partial charge in [-0.25, -0.2) is 0 Å². The molecule has 1 fully saturated rings. The van der Waals surface area contributed by atoms with Crippen LogP contribution in [0.25, 0.3) is 0 Å². The fourth-order valence-corrected chi connectivity index (χ4v) is 3.91. The minimum Gasteiger partial charge on any atom is -0.395 e. The molecule has 1 saturated carbocycles. The lowest BCUT2D eigenvalue weighted by Gasteiger charge is -2.43. The van der Waals surface area contributed by atoms with Gasteiger partial charge in [0, 0.05) is 18.6 Å². The van der Waals surface area contributed by atoms with Gasteiger partial charge in [-0.3, -0.25) is 4.90 Å². The zero-order valence-corrected chi connectivity index (χ0v) is 13.5. The molecule has 0 aromatic carbocycles. The third kappa shape index (κ3) is 4.46. The second-order valence-electron chi connectivity index (χ2n) is 6.20. The predicted octanol–water partition coefficient (Wildman–Crippen LogP) is 3.58. The van der Waals surface area contributed by atoms with E-state index in [9.17, 15) is 10.4 Å². The molecule has 20 heavy (non-hydrogen) atoms. The third-order valence-corrected chi connectivity index (χ3v) is 4.98. The van der Waals surface area contributed by atoms with Crippen LogP contribution in [0.2, 0.25) is 0 Å². The van der Waals surface area contributed by atoms with E-state index in [0.717, 1.165) is 31.6 Å². The van der Waals surface area contributed by atoms with Crippen LogP contribution >= 0.6 is 0 Å². The molecule has 116 valence electrons. The number of aliphatic hydroxyl groups is 1. The van der Waals surface area contributed by atoms with Crippen LogP contribution in [0.5, 0.6) is 0 Å². The van der Waals surface area contributed by atoms with Gasteiger partial charge >= 0.3 is 0 Å². The summed E-state index contributed by atoms with van der Waals surface area (Å²) >= 11 is 0. The van der Waals surface area contributed by atoms with E-state index in [1.807, 2.05) is 0 Å². The van der Waals surface area contributed by atoms with E-state index in [-0.39, 0.29) is 12.5 Å². The summed E-state index contributed by atoms with van der Waals surface area (Å²) in [7, 11) is 0. The Hall–Kier alpha value is -0.590. The predicted molar refractivity (Wildman–Crippen MR) is 83.3 cm³/mol. The summed E-state index contributed by atoms with van der Waals surface area (Å²) in [5.74, 6) is 0.917. The normalized spacial score (nSPS) is 26.9. The molecule has 1 N–H and O–H groups in total. The Morgan fingerprint density at radius 1 is 1.25 bits per heavy atom. The second-order valence-corrected chi connectivity index (χ2v) is 6.20. The Balaban J connectivity index is 2.84. The van der Waals surface area contributed by atoms with Gasteiger partial charge in [0.1, 0.15) is 0 Å². The van der Waals surface area contributed by atoms with Crippen molar-refractivity contribution in [3.63, 3.8) is 0 Å². The zero-order chi connectivity index (χ0) is 15.0. The van der Waals surface area contributed by atoms with Crippen molar-refractivity contribution in [2.45, 2.75) is 77.8 Å². The van der Waals surface area contributed by atoms with Crippen LogP contribution in [-0.2, 0) is 0 Å². The molecule has 0 heterocycles. The van der Waals surface area contributed by atoms with Crippen LogP contribution in [0.3, 0.4) is 0 Å². The maximum Gasteiger partial charge on any atom is 0.0672 e. The lowest BCUT2D eigenvalue weighted by molar-refractivity contribution is 0.0413. The molecule has 0 aromatic heterocycles. The van der Waals surface area contributed by atoms with E-state index in [0.29, 0.717) is 18.6 Å². The van der Waals surface area contributed by atoms with E-state index >= 15 is 0 Å². The molecule has 3 nitrogen and oxygen atoms in total. The van der Waals surface area contributed by atoms with Gasteiger partial charge < -0.3 is 5.11 Å². The van der Waals surface area contributed by atoms with Crippen LogP contribution in [0.15, 0.2) is 0 Å². The average molecular weight is 280 g/mol. The Labute approximate surface area is 125 Å². The summed E-state index contributed by atoms with van der Waals surface area (Å²) in [6, 6.07) is 3.39. The highest BCUT2D eigenvalue weighted by Crippen LogP contribution is 2.35. The first-order valence-corrected chi connectivity index (χ1v) is 8.47. The summed E-state index contributed by atoms with van der Waals surface area (Å²) in [4.78, 5) is 2.44. The van der Waals surface area contributed by atoms with E-state index in [4.69, 9.17) is 0 Å². The second kappa shape index (κ2) is 9.37. The Kier molecular flexibility index (Phi) is 8.18. The van der Waals surface area contributed by atoms with Crippen molar-refractivity contribution >= 4 is 0 Å². The largest absolute Gasteiger partial charge is 0.395 e. The first kappa shape index (κ1) is 17.5.